The number of anilines is 1. The summed E-state index contributed by atoms with van der Waals surface area (Å²) in [5, 5.41) is 6.14. The van der Waals surface area contributed by atoms with Crippen molar-refractivity contribution >= 4 is 17.3 Å². The van der Waals surface area contributed by atoms with E-state index in [2.05, 4.69) is 37.2 Å². The fourth-order valence-electron chi connectivity index (χ4n) is 1.77. The first kappa shape index (κ1) is 13.6. The Bertz CT molecular complexity index is 679. The first-order valence-corrected chi connectivity index (χ1v) is 7.58. The highest BCUT2D eigenvalue weighted by Gasteiger charge is 2.09. The first-order chi connectivity index (χ1) is 10.3. The van der Waals surface area contributed by atoms with E-state index < -0.39 is 0 Å². The van der Waals surface area contributed by atoms with E-state index in [1.54, 1.807) is 34.6 Å². The second-order valence-electron chi connectivity index (χ2n) is 4.37. The van der Waals surface area contributed by atoms with Gasteiger partial charge in [0.15, 0.2) is 0 Å². The molecule has 0 radical (unpaired) electrons. The minimum absolute atomic E-state index is 0.563. The Balaban J connectivity index is 1.92. The number of aromatic nitrogens is 6. The average Bonchev–Trinajstić information content (AvgIpc) is 3.18. The molecule has 0 aromatic carbocycles. The van der Waals surface area contributed by atoms with Gasteiger partial charge in [0.1, 0.15) is 17.2 Å². The molecule has 3 rings (SSSR count). The molecule has 8 heteroatoms. The van der Waals surface area contributed by atoms with Crippen LogP contribution in [-0.4, -0.2) is 36.0 Å². The van der Waals surface area contributed by atoms with Crippen molar-refractivity contribution in [2.75, 3.05) is 11.9 Å². The quantitative estimate of drug-likeness (QED) is 0.749. The second kappa shape index (κ2) is 6.40. The molecule has 0 bridgehead atoms. The summed E-state index contributed by atoms with van der Waals surface area (Å²) in [6.45, 7) is 2.92. The molecule has 0 fully saturated rings. The zero-order chi connectivity index (χ0) is 14.5. The van der Waals surface area contributed by atoms with E-state index >= 15 is 0 Å². The molecule has 0 unspecified atom stereocenters. The Kier molecular flexibility index (Phi) is 4.15. The van der Waals surface area contributed by atoms with Crippen molar-refractivity contribution in [3.63, 3.8) is 0 Å². The standard InChI is InChI=1S/C13H15N7S/c1-2-3-16-12-17-10(8-11-15-5-7-21-11)18-13(19-12)20-6-4-14-9-20/h4-7,9H,2-3,8H2,1H3,(H,16,17,18,19). The van der Waals surface area contributed by atoms with Gasteiger partial charge in [-0.1, -0.05) is 6.92 Å². The Labute approximate surface area is 126 Å². The third-order valence-corrected chi connectivity index (χ3v) is 3.51. The fraction of sp³-hybridized carbons (Fsp3) is 0.308. The van der Waals surface area contributed by atoms with E-state index in [0.717, 1.165) is 18.0 Å². The van der Waals surface area contributed by atoms with Crippen molar-refractivity contribution < 1.29 is 0 Å². The topological polar surface area (TPSA) is 81.4 Å². The molecule has 3 aromatic rings. The Hall–Kier alpha value is -2.35. The predicted octanol–water partition coefficient (Wildman–Crippen LogP) is 1.93. The Morgan fingerprint density at radius 3 is 2.90 bits per heavy atom. The lowest BCUT2D eigenvalue weighted by molar-refractivity contribution is 0.832. The van der Waals surface area contributed by atoms with Crippen LogP contribution >= 0.6 is 11.3 Å². The maximum Gasteiger partial charge on any atom is 0.239 e. The number of rotatable bonds is 6. The summed E-state index contributed by atoms with van der Waals surface area (Å²) in [6, 6.07) is 0. The van der Waals surface area contributed by atoms with Crippen LogP contribution in [-0.2, 0) is 6.42 Å². The van der Waals surface area contributed by atoms with Crippen molar-refractivity contribution in [3.8, 4) is 5.95 Å². The van der Waals surface area contributed by atoms with Crippen LogP contribution in [0.25, 0.3) is 5.95 Å². The zero-order valence-electron chi connectivity index (χ0n) is 11.6. The molecule has 108 valence electrons. The summed E-state index contributed by atoms with van der Waals surface area (Å²) < 4.78 is 1.77. The van der Waals surface area contributed by atoms with Gasteiger partial charge in [-0.05, 0) is 6.42 Å². The van der Waals surface area contributed by atoms with Crippen LogP contribution in [0.4, 0.5) is 5.95 Å². The molecule has 0 saturated heterocycles. The molecule has 7 nitrogen and oxygen atoms in total. The number of hydrogen-bond donors (Lipinski definition) is 1. The molecule has 0 aliphatic heterocycles. The molecule has 0 saturated carbocycles. The third-order valence-electron chi connectivity index (χ3n) is 2.73. The maximum atomic E-state index is 4.49. The lowest BCUT2D eigenvalue weighted by Crippen LogP contribution is -2.11. The van der Waals surface area contributed by atoms with Gasteiger partial charge in [-0.3, -0.25) is 4.57 Å². The molecular formula is C13H15N7S. The molecule has 3 heterocycles. The summed E-state index contributed by atoms with van der Waals surface area (Å²) >= 11 is 1.59. The number of imidazole rings is 1. The predicted molar refractivity (Wildman–Crippen MR) is 80.6 cm³/mol. The summed E-state index contributed by atoms with van der Waals surface area (Å²) in [4.78, 5) is 21.7. The highest BCUT2D eigenvalue weighted by molar-refractivity contribution is 7.09. The van der Waals surface area contributed by atoms with Gasteiger partial charge < -0.3 is 5.32 Å². The van der Waals surface area contributed by atoms with Gasteiger partial charge in [-0.25, -0.2) is 9.97 Å². The van der Waals surface area contributed by atoms with E-state index in [-0.39, 0.29) is 0 Å². The SMILES string of the molecule is CCCNc1nc(Cc2nccs2)nc(-n2ccnc2)n1. The van der Waals surface area contributed by atoms with E-state index in [0.29, 0.717) is 24.1 Å². The average molecular weight is 301 g/mol. The first-order valence-electron chi connectivity index (χ1n) is 6.70. The molecular weight excluding hydrogens is 286 g/mol. The zero-order valence-corrected chi connectivity index (χ0v) is 12.4. The second-order valence-corrected chi connectivity index (χ2v) is 5.35. The van der Waals surface area contributed by atoms with Crippen molar-refractivity contribution in [2.24, 2.45) is 0 Å². The fourth-order valence-corrected chi connectivity index (χ4v) is 2.38. The van der Waals surface area contributed by atoms with Crippen LogP contribution in [0.3, 0.4) is 0 Å². The number of nitrogens with zero attached hydrogens (tertiary/aromatic N) is 6. The summed E-state index contributed by atoms with van der Waals surface area (Å²) in [7, 11) is 0. The molecule has 0 aliphatic carbocycles. The minimum Gasteiger partial charge on any atom is -0.354 e. The number of hydrogen-bond acceptors (Lipinski definition) is 7. The van der Waals surface area contributed by atoms with Crippen molar-refractivity contribution in [1.82, 2.24) is 29.5 Å². The highest BCUT2D eigenvalue weighted by Crippen LogP contribution is 2.12. The van der Waals surface area contributed by atoms with E-state index in [9.17, 15) is 0 Å². The molecule has 1 N–H and O–H groups in total. The molecule has 3 aromatic heterocycles. The van der Waals surface area contributed by atoms with Crippen LogP contribution in [0.1, 0.15) is 24.2 Å². The number of thiazole rings is 1. The van der Waals surface area contributed by atoms with Gasteiger partial charge in [-0.2, -0.15) is 15.0 Å². The third kappa shape index (κ3) is 3.40. The van der Waals surface area contributed by atoms with E-state index in [4.69, 9.17) is 0 Å². The van der Waals surface area contributed by atoms with Gasteiger partial charge in [0, 0.05) is 30.5 Å². The maximum absolute atomic E-state index is 4.49. The molecule has 0 atom stereocenters. The molecule has 21 heavy (non-hydrogen) atoms. The van der Waals surface area contributed by atoms with Crippen molar-refractivity contribution in [3.05, 3.63) is 41.1 Å². The molecule has 0 spiro atoms. The minimum atomic E-state index is 0.563. The van der Waals surface area contributed by atoms with Gasteiger partial charge in [0.2, 0.25) is 11.9 Å². The summed E-state index contributed by atoms with van der Waals surface area (Å²) in [6.07, 6.45) is 8.58. The van der Waals surface area contributed by atoms with Crippen LogP contribution in [0.15, 0.2) is 30.3 Å². The largest absolute Gasteiger partial charge is 0.354 e. The lowest BCUT2D eigenvalue weighted by atomic mass is 10.4. The molecule has 0 amide bonds. The van der Waals surface area contributed by atoms with Gasteiger partial charge in [-0.15, -0.1) is 11.3 Å². The smallest absolute Gasteiger partial charge is 0.239 e. The van der Waals surface area contributed by atoms with Gasteiger partial charge in [0.25, 0.3) is 0 Å². The van der Waals surface area contributed by atoms with Crippen molar-refractivity contribution in [2.45, 2.75) is 19.8 Å². The van der Waals surface area contributed by atoms with Crippen LogP contribution in [0.2, 0.25) is 0 Å². The highest BCUT2D eigenvalue weighted by atomic mass is 32.1. The van der Waals surface area contributed by atoms with Crippen LogP contribution in [0.5, 0.6) is 0 Å². The Morgan fingerprint density at radius 2 is 2.19 bits per heavy atom. The van der Waals surface area contributed by atoms with Gasteiger partial charge >= 0.3 is 0 Å². The normalized spacial score (nSPS) is 10.7. The summed E-state index contributed by atoms with van der Waals surface area (Å²) in [5.41, 5.74) is 0. The summed E-state index contributed by atoms with van der Waals surface area (Å²) in [5.74, 6) is 1.84. The van der Waals surface area contributed by atoms with Crippen molar-refractivity contribution in [1.29, 1.82) is 0 Å². The van der Waals surface area contributed by atoms with E-state index in [1.807, 2.05) is 11.6 Å². The van der Waals surface area contributed by atoms with Crippen LogP contribution < -0.4 is 5.32 Å². The van der Waals surface area contributed by atoms with Crippen LogP contribution in [0, 0.1) is 0 Å². The number of nitrogens with one attached hydrogen (secondary N) is 1. The molecule has 0 aliphatic rings. The van der Waals surface area contributed by atoms with E-state index in [1.165, 1.54) is 0 Å². The lowest BCUT2D eigenvalue weighted by Gasteiger charge is -2.08. The van der Waals surface area contributed by atoms with Gasteiger partial charge in [0.05, 0.1) is 6.42 Å². The Morgan fingerprint density at radius 1 is 1.24 bits per heavy atom. The monoisotopic (exact) mass is 301 g/mol.